The predicted octanol–water partition coefficient (Wildman–Crippen LogP) is 6.54. The second-order valence-electron chi connectivity index (χ2n) is 7.75. The molecule has 3 rings (SSSR count). The lowest BCUT2D eigenvalue weighted by Crippen LogP contribution is -2.03. The molecule has 1 aromatic heterocycles. The first kappa shape index (κ1) is 23.3. The Morgan fingerprint density at radius 2 is 1.59 bits per heavy atom. The van der Waals surface area contributed by atoms with Crippen LogP contribution in [-0.4, -0.2) is 12.6 Å². The minimum atomic E-state index is -0.485. The van der Waals surface area contributed by atoms with Gasteiger partial charge < -0.3 is 13.9 Å². The topological polar surface area (TPSA) is 65.7 Å². The number of carbonyl (C=O) groups excluding carboxylic acids is 1. The Morgan fingerprint density at radius 1 is 0.875 bits per heavy atom. The van der Waals surface area contributed by atoms with Crippen LogP contribution < -0.4 is 15.1 Å². The Bertz CT molecular complexity index is 1080. The van der Waals surface area contributed by atoms with E-state index in [1.807, 2.05) is 24.3 Å². The molecule has 0 spiro atoms. The summed E-state index contributed by atoms with van der Waals surface area (Å²) in [6.07, 6.45) is 11.9. The van der Waals surface area contributed by atoms with E-state index in [4.69, 9.17) is 13.9 Å². The number of benzene rings is 2. The van der Waals surface area contributed by atoms with Crippen LogP contribution in [0.3, 0.4) is 0 Å². The number of esters is 1. The van der Waals surface area contributed by atoms with Crippen molar-refractivity contribution < 1.29 is 18.7 Å². The van der Waals surface area contributed by atoms with Crippen molar-refractivity contribution in [1.29, 1.82) is 0 Å². The monoisotopic (exact) mass is 434 g/mol. The molecule has 0 aliphatic rings. The molecular formula is C27H30O5. The first-order chi connectivity index (χ1) is 15.6. The molecule has 1 heterocycles. The number of carbonyl (C=O) groups is 1. The van der Waals surface area contributed by atoms with Gasteiger partial charge in [-0.2, -0.15) is 0 Å². The van der Waals surface area contributed by atoms with Crippen molar-refractivity contribution >= 4 is 23.0 Å². The lowest BCUT2D eigenvalue weighted by atomic mass is 10.1. The van der Waals surface area contributed by atoms with Gasteiger partial charge in [-0.1, -0.05) is 57.6 Å². The summed E-state index contributed by atoms with van der Waals surface area (Å²) in [4.78, 5) is 23.4. The molecule has 5 nitrogen and oxygen atoms in total. The van der Waals surface area contributed by atoms with Crippen LogP contribution in [0, 0.1) is 0 Å². The number of hydrogen-bond acceptors (Lipinski definition) is 5. The Labute approximate surface area is 188 Å². The first-order valence-electron chi connectivity index (χ1n) is 11.3. The van der Waals surface area contributed by atoms with Gasteiger partial charge in [0.25, 0.3) is 0 Å². The van der Waals surface area contributed by atoms with E-state index in [0.29, 0.717) is 16.7 Å². The third kappa shape index (κ3) is 7.73. The summed E-state index contributed by atoms with van der Waals surface area (Å²) in [5.41, 5.74) is 0.909. The average molecular weight is 435 g/mol. The molecule has 32 heavy (non-hydrogen) atoms. The summed E-state index contributed by atoms with van der Waals surface area (Å²) in [5.74, 6) is 0.731. The maximum absolute atomic E-state index is 12.1. The lowest BCUT2D eigenvalue weighted by molar-refractivity contribution is -0.128. The Morgan fingerprint density at radius 3 is 2.38 bits per heavy atom. The van der Waals surface area contributed by atoms with Crippen LogP contribution in [0.2, 0.25) is 0 Å². The molecule has 0 aliphatic heterocycles. The van der Waals surface area contributed by atoms with Gasteiger partial charge >= 0.3 is 11.6 Å². The van der Waals surface area contributed by atoms with Gasteiger partial charge in [0.1, 0.15) is 17.1 Å². The van der Waals surface area contributed by atoms with E-state index in [2.05, 4.69) is 6.92 Å². The molecule has 0 saturated carbocycles. The quantitative estimate of drug-likeness (QED) is 0.106. The van der Waals surface area contributed by atoms with Crippen LogP contribution in [0.15, 0.2) is 69.9 Å². The van der Waals surface area contributed by atoms with Crippen LogP contribution in [0.1, 0.15) is 57.4 Å². The smallest absolute Gasteiger partial charge is 0.336 e. The van der Waals surface area contributed by atoms with Gasteiger partial charge in [-0.3, -0.25) is 0 Å². The Hall–Kier alpha value is -3.34. The summed E-state index contributed by atoms with van der Waals surface area (Å²) in [7, 11) is 0. The van der Waals surface area contributed by atoms with Gasteiger partial charge in [0.2, 0.25) is 0 Å². The van der Waals surface area contributed by atoms with Crippen LogP contribution in [0.4, 0.5) is 0 Å². The van der Waals surface area contributed by atoms with Gasteiger partial charge in [-0.05, 0) is 54.5 Å². The van der Waals surface area contributed by atoms with Crippen LogP contribution in [0.25, 0.3) is 17.0 Å². The van der Waals surface area contributed by atoms with Crippen molar-refractivity contribution in [1.82, 2.24) is 0 Å². The van der Waals surface area contributed by atoms with Crippen molar-refractivity contribution in [3.05, 3.63) is 76.7 Å². The van der Waals surface area contributed by atoms with Crippen LogP contribution in [0.5, 0.6) is 11.5 Å². The third-order valence-electron chi connectivity index (χ3n) is 5.12. The summed E-state index contributed by atoms with van der Waals surface area (Å²) >= 11 is 0. The highest BCUT2D eigenvalue weighted by Gasteiger charge is 2.04. The maximum Gasteiger partial charge on any atom is 0.336 e. The van der Waals surface area contributed by atoms with Gasteiger partial charge in [0, 0.05) is 17.5 Å². The largest absolute Gasteiger partial charge is 0.494 e. The molecule has 0 unspecified atom stereocenters. The maximum atomic E-state index is 12.1. The molecule has 2 aromatic carbocycles. The average Bonchev–Trinajstić information content (AvgIpc) is 2.80. The number of fused-ring (bicyclic) bond motifs is 1. The minimum Gasteiger partial charge on any atom is -0.494 e. The summed E-state index contributed by atoms with van der Waals surface area (Å²) in [6, 6.07) is 15.4. The van der Waals surface area contributed by atoms with E-state index in [1.165, 1.54) is 50.7 Å². The highest BCUT2D eigenvalue weighted by atomic mass is 16.5. The molecule has 0 bridgehead atoms. The molecule has 3 aromatic rings. The second-order valence-corrected chi connectivity index (χ2v) is 7.75. The van der Waals surface area contributed by atoms with Crippen molar-refractivity contribution in [3.63, 3.8) is 0 Å². The highest BCUT2D eigenvalue weighted by Crippen LogP contribution is 2.20. The third-order valence-corrected chi connectivity index (χ3v) is 5.12. The van der Waals surface area contributed by atoms with E-state index in [9.17, 15) is 9.59 Å². The van der Waals surface area contributed by atoms with Crippen LogP contribution >= 0.6 is 0 Å². The van der Waals surface area contributed by atoms with Crippen molar-refractivity contribution in [2.75, 3.05) is 6.61 Å². The van der Waals surface area contributed by atoms with E-state index in [0.717, 1.165) is 24.3 Å². The fourth-order valence-corrected chi connectivity index (χ4v) is 3.35. The Balaban J connectivity index is 1.41. The summed E-state index contributed by atoms with van der Waals surface area (Å²) in [6.45, 7) is 2.96. The highest BCUT2D eigenvalue weighted by molar-refractivity contribution is 5.89. The molecule has 0 aliphatic carbocycles. The SMILES string of the molecule is CCCCCCCCCOc1ccc(/C=C/C(=O)Oc2ccc3oc(=O)ccc3c2)cc1. The van der Waals surface area contributed by atoms with Crippen molar-refractivity contribution in [3.8, 4) is 11.5 Å². The Kier molecular flexibility index (Phi) is 9.11. The van der Waals surface area contributed by atoms with Gasteiger partial charge in [0.15, 0.2) is 0 Å². The predicted molar refractivity (Wildman–Crippen MR) is 127 cm³/mol. The molecule has 0 N–H and O–H groups in total. The molecule has 0 amide bonds. The molecule has 0 saturated heterocycles. The molecule has 5 heteroatoms. The molecule has 0 radical (unpaired) electrons. The second kappa shape index (κ2) is 12.5. The van der Waals surface area contributed by atoms with Gasteiger partial charge in [-0.25, -0.2) is 9.59 Å². The normalized spacial score (nSPS) is 11.2. The zero-order valence-electron chi connectivity index (χ0n) is 18.5. The number of unbranched alkanes of at least 4 members (excludes halogenated alkanes) is 6. The zero-order chi connectivity index (χ0) is 22.6. The lowest BCUT2D eigenvalue weighted by Gasteiger charge is -2.06. The van der Waals surface area contributed by atoms with E-state index in [1.54, 1.807) is 30.3 Å². The van der Waals surface area contributed by atoms with Crippen molar-refractivity contribution in [2.24, 2.45) is 0 Å². The van der Waals surface area contributed by atoms with E-state index < -0.39 is 11.6 Å². The molecule has 0 atom stereocenters. The summed E-state index contributed by atoms with van der Waals surface area (Å²) in [5, 5.41) is 0.686. The van der Waals surface area contributed by atoms with Gasteiger partial charge in [-0.15, -0.1) is 0 Å². The molecule has 0 fully saturated rings. The summed E-state index contributed by atoms with van der Waals surface area (Å²) < 4.78 is 16.2. The van der Waals surface area contributed by atoms with E-state index >= 15 is 0 Å². The standard InChI is InChI=1S/C27H30O5/c1-2-3-4-5-6-7-8-19-30-23-13-9-21(10-14-23)11-17-26(28)31-24-15-16-25-22(20-24)12-18-27(29)32-25/h9-18,20H,2-8,19H2,1H3/b17-11+. The van der Waals surface area contributed by atoms with Crippen molar-refractivity contribution in [2.45, 2.75) is 51.9 Å². The fraction of sp³-hybridized carbons (Fsp3) is 0.333. The number of ether oxygens (including phenoxy) is 2. The fourth-order valence-electron chi connectivity index (χ4n) is 3.35. The van der Waals surface area contributed by atoms with Crippen LogP contribution in [-0.2, 0) is 4.79 Å². The zero-order valence-corrected chi connectivity index (χ0v) is 18.5. The van der Waals surface area contributed by atoms with E-state index in [-0.39, 0.29) is 0 Å². The molecular weight excluding hydrogens is 404 g/mol. The van der Waals surface area contributed by atoms with Gasteiger partial charge in [0.05, 0.1) is 6.61 Å². The minimum absolute atomic E-state index is 0.384. The first-order valence-corrected chi connectivity index (χ1v) is 11.3. The molecule has 168 valence electrons. The number of hydrogen-bond donors (Lipinski definition) is 0. The number of rotatable bonds is 12.